The van der Waals surface area contributed by atoms with E-state index >= 15 is 0 Å². The molecule has 3 nitrogen and oxygen atoms in total. The summed E-state index contributed by atoms with van der Waals surface area (Å²) >= 11 is 0. The molecule has 1 fully saturated rings. The molecule has 0 aromatic carbocycles. The normalized spacial score (nSPS) is 24.0. The van der Waals surface area contributed by atoms with Crippen molar-refractivity contribution in [2.45, 2.75) is 58.0 Å². The van der Waals surface area contributed by atoms with E-state index in [1.165, 1.54) is 32.1 Å². The molecule has 0 radical (unpaired) electrons. The second kappa shape index (κ2) is 7.25. The highest BCUT2D eigenvalue weighted by atomic mass is 16.3. The highest BCUT2D eigenvalue weighted by molar-refractivity contribution is 4.83. The standard InChI is InChI=1S/C13H28N2O/c1-10(9-16)11(2)15-13(8-14)12-6-4-3-5-7-12/h10-13,15-16H,3-9,14H2,1-2H3. The van der Waals surface area contributed by atoms with Gasteiger partial charge in [0.25, 0.3) is 0 Å². The van der Waals surface area contributed by atoms with Gasteiger partial charge in [-0.05, 0) is 31.6 Å². The predicted octanol–water partition coefficient (Wildman–Crippen LogP) is 1.50. The fourth-order valence-corrected chi connectivity index (χ4v) is 2.59. The Balaban J connectivity index is 2.40. The van der Waals surface area contributed by atoms with Gasteiger partial charge in [-0.15, -0.1) is 0 Å². The van der Waals surface area contributed by atoms with Crippen LogP contribution in [0.15, 0.2) is 0 Å². The first-order valence-corrected chi connectivity index (χ1v) is 6.76. The van der Waals surface area contributed by atoms with Gasteiger partial charge in [-0.3, -0.25) is 0 Å². The number of nitrogens with two attached hydrogens (primary N) is 1. The Hall–Kier alpha value is -0.120. The SMILES string of the molecule is CC(CO)C(C)NC(CN)C1CCCCC1. The highest BCUT2D eigenvalue weighted by Gasteiger charge is 2.24. The molecule has 3 atom stereocenters. The van der Waals surface area contributed by atoms with Crippen molar-refractivity contribution in [1.82, 2.24) is 5.32 Å². The molecular formula is C13H28N2O. The molecule has 3 heteroatoms. The van der Waals surface area contributed by atoms with Crippen LogP contribution in [0.2, 0.25) is 0 Å². The van der Waals surface area contributed by atoms with Crippen LogP contribution in [0.1, 0.15) is 46.0 Å². The van der Waals surface area contributed by atoms with Gasteiger partial charge in [0.15, 0.2) is 0 Å². The fourth-order valence-electron chi connectivity index (χ4n) is 2.59. The van der Waals surface area contributed by atoms with E-state index in [0.717, 1.165) is 5.92 Å². The topological polar surface area (TPSA) is 58.3 Å². The summed E-state index contributed by atoms with van der Waals surface area (Å²) in [6, 6.07) is 0.782. The molecule has 3 unspecified atom stereocenters. The molecule has 0 amide bonds. The summed E-state index contributed by atoms with van der Waals surface area (Å²) in [6.45, 7) is 5.18. The maximum absolute atomic E-state index is 9.13. The van der Waals surface area contributed by atoms with Crippen LogP contribution in [0.3, 0.4) is 0 Å². The molecule has 1 rings (SSSR count). The molecule has 1 aliphatic rings. The molecule has 0 aromatic rings. The van der Waals surface area contributed by atoms with E-state index in [1.807, 2.05) is 0 Å². The molecule has 0 aromatic heterocycles. The van der Waals surface area contributed by atoms with Crippen molar-refractivity contribution in [3.8, 4) is 0 Å². The molecule has 4 N–H and O–H groups in total. The molecule has 0 saturated heterocycles. The zero-order valence-electron chi connectivity index (χ0n) is 10.8. The average molecular weight is 228 g/mol. The molecule has 1 saturated carbocycles. The molecule has 0 spiro atoms. The average Bonchev–Trinajstić information content (AvgIpc) is 2.35. The largest absolute Gasteiger partial charge is 0.396 e. The van der Waals surface area contributed by atoms with E-state index < -0.39 is 0 Å². The Morgan fingerprint density at radius 2 is 1.88 bits per heavy atom. The smallest absolute Gasteiger partial charge is 0.0471 e. The first kappa shape index (κ1) is 13.9. The van der Waals surface area contributed by atoms with Crippen molar-refractivity contribution in [3.63, 3.8) is 0 Å². The molecular weight excluding hydrogens is 200 g/mol. The zero-order chi connectivity index (χ0) is 12.0. The quantitative estimate of drug-likeness (QED) is 0.646. The van der Waals surface area contributed by atoms with E-state index in [-0.39, 0.29) is 6.61 Å². The third kappa shape index (κ3) is 4.04. The minimum atomic E-state index is 0.246. The summed E-state index contributed by atoms with van der Waals surface area (Å²) in [6.07, 6.45) is 6.72. The number of nitrogens with one attached hydrogen (secondary N) is 1. The van der Waals surface area contributed by atoms with Crippen LogP contribution >= 0.6 is 0 Å². The van der Waals surface area contributed by atoms with Crippen molar-refractivity contribution >= 4 is 0 Å². The van der Waals surface area contributed by atoms with Crippen LogP contribution in [-0.2, 0) is 0 Å². The molecule has 0 heterocycles. The maximum Gasteiger partial charge on any atom is 0.0471 e. The minimum Gasteiger partial charge on any atom is -0.396 e. The lowest BCUT2D eigenvalue weighted by molar-refractivity contribution is 0.182. The molecule has 96 valence electrons. The monoisotopic (exact) mass is 228 g/mol. The van der Waals surface area contributed by atoms with Crippen molar-refractivity contribution in [2.24, 2.45) is 17.6 Å². The number of hydrogen-bond donors (Lipinski definition) is 3. The van der Waals surface area contributed by atoms with Gasteiger partial charge in [-0.2, -0.15) is 0 Å². The Kier molecular flexibility index (Phi) is 6.32. The van der Waals surface area contributed by atoms with Crippen LogP contribution in [0, 0.1) is 11.8 Å². The first-order valence-electron chi connectivity index (χ1n) is 6.76. The van der Waals surface area contributed by atoms with Crippen LogP contribution in [0.4, 0.5) is 0 Å². The first-order chi connectivity index (χ1) is 7.69. The van der Waals surface area contributed by atoms with Gasteiger partial charge in [0.1, 0.15) is 0 Å². The summed E-state index contributed by atoms with van der Waals surface area (Å²) in [4.78, 5) is 0. The lowest BCUT2D eigenvalue weighted by Gasteiger charge is -2.33. The second-order valence-electron chi connectivity index (χ2n) is 5.36. The van der Waals surface area contributed by atoms with Crippen LogP contribution in [0.5, 0.6) is 0 Å². The molecule has 0 aliphatic heterocycles. The second-order valence-corrected chi connectivity index (χ2v) is 5.36. The van der Waals surface area contributed by atoms with Gasteiger partial charge < -0.3 is 16.2 Å². The van der Waals surface area contributed by atoms with Gasteiger partial charge >= 0.3 is 0 Å². The van der Waals surface area contributed by atoms with Gasteiger partial charge in [0.2, 0.25) is 0 Å². The summed E-state index contributed by atoms with van der Waals surface area (Å²) < 4.78 is 0. The lowest BCUT2D eigenvalue weighted by Crippen LogP contribution is -2.49. The van der Waals surface area contributed by atoms with Crippen molar-refractivity contribution in [2.75, 3.05) is 13.2 Å². The minimum absolute atomic E-state index is 0.246. The Morgan fingerprint density at radius 1 is 1.25 bits per heavy atom. The summed E-state index contributed by atoms with van der Waals surface area (Å²) in [5.41, 5.74) is 5.87. The highest BCUT2D eigenvalue weighted by Crippen LogP contribution is 2.26. The van der Waals surface area contributed by atoms with Crippen LogP contribution in [0.25, 0.3) is 0 Å². The Morgan fingerprint density at radius 3 is 2.38 bits per heavy atom. The third-order valence-electron chi connectivity index (χ3n) is 4.09. The lowest BCUT2D eigenvalue weighted by atomic mass is 9.83. The van der Waals surface area contributed by atoms with E-state index in [0.29, 0.717) is 24.5 Å². The molecule has 1 aliphatic carbocycles. The predicted molar refractivity (Wildman–Crippen MR) is 68.3 cm³/mol. The number of aliphatic hydroxyl groups is 1. The van der Waals surface area contributed by atoms with Gasteiger partial charge in [0, 0.05) is 25.2 Å². The van der Waals surface area contributed by atoms with Gasteiger partial charge in [0.05, 0.1) is 0 Å². The summed E-state index contributed by atoms with van der Waals surface area (Å²) in [5, 5.41) is 12.7. The fraction of sp³-hybridized carbons (Fsp3) is 1.00. The number of rotatable bonds is 6. The van der Waals surface area contributed by atoms with Crippen LogP contribution in [-0.4, -0.2) is 30.3 Å². The molecule has 0 bridgehead atoms. The maximum atomic E-state index is 9.13. The van der Waals surface area contributed by atoms with E-state index in [1.54, 1.807) is 0 Å². The number of hydrogen-bond acceptors (Lipinski definition) is 3. The summed E-state index contributed by atoms with van der Waals surface area (Å²) in [5.74, 6) is 1.05. The van der Waals surface area contributed by atoms with Gasteiger partial charge in [-0.25, -0.2) is 0 Å². The van der Waals surface area contributed by atoms with Crippen LogP contribution < -0.4 is 11.1 Å². The Bertz CT molecular complexity index is 181. The third-order valence-corrected chi connectivity index (χ3v) is 4.09. The molecule has 16 heavy (non-hydrogen) atoms. The number of aliphatic hydroxyl groups excluding tert-OH is 1. The Labute approximate surface area is 99.8 Å². The van der Waals surface area contributed by atoms with Crippen molar-refractivity contribution < 1.29 is 5.11 Å². The van der Waals surface area contributed by atoms with E-state index in [4.69, 9.17) is 10.8 Å². The zero-order valence-corrected chi connectivity index (χ0v) is 10.8. The van der Waals surface area contributed by atoms with Crippen molar-refractivity contribution in [1.29, 1.82) is 0 Å². The summed E-state index contributed by atoms with van der Waals surface area (Å²) in [7, 11) is 0. The van der Waals surface area contributed by atoms with Gasteiger partial charge in [-0.1, -0.05) is 26.2 Å². The van der Waals surface area contributed by atoms with E-state index in [9.17, 15) is 0 Å². The van der Waals surface area contributed by atoms with Crippen molar-refractivity contribution in [3.05, 3.63) is 0 Å². The van der Waals surface area contributed by atoms with E-state index in [2.05, 4.69) is 19.2 Å².